The molecule has 0 aliphatic rings. The molecule has 0 fully saturated rings. The number of amides is 1. The smallest absolute Gasteiger partial charge is 0.343 e. The fraction of sp³-hybridized carbons (Fsp3) is 0.174. The maximum atomic E-state index is 12.3. The monoisotopic (exact) mass is 516 g/mol. The number of furan rings is 1. The van der Waals surface area contributed by atoms with E-state index in [-0.39, 0.29) is 19.0 Å². The van der Waals surface area contributed by atoms with Gasteiger partial charge in [-0.05, 0) is 52.3 Å². The Hall–Kier alpha value is -3.79. The number of para-hydroxylation sites is 1. The number of methoxy groups -OCH3 is 2. The molecular formula is C23H21BrN2O7. The Kier molecular flexibility index (Phi) is 8.48. The van der Waals surface area contributed by atoms with Gasteiger partial charge >= 0.3 is 11.9 Å². The summed E-state index contributed by atoms with van der Waals surface area (Å²) in [6, 6.07) is 15.7. The first-order valence-corrected chi connectivity index (χ1v) is 10.5. The van der Waals surface area contributed by atoms with Crippen LogP contribution in [-0.4, -0.2) is 38.9 Å². The van der Waals surface area contributed by atoms with Crippen LogP contribution in [0.4, 0.5) is 0 Å². The van der Waals surface area contributed by atoms with Gasteiger partial charge in [0, 0.05) is 10.0 Å². The predicted octanol–water partition coefficient (Wildman–Crippen LogP) is 3.95. The lowest BCUT2D eigenvalue weighted by atomic mass is 10.2. The van der Waals surface area contributed by atoms with E-state index in [1.807, 2.05) is 30.3 Å². The SMILES string of the molecule is COC(=O)COc1cc(Br)c(C=NNC(=O)c2ccc(COc3ccccc3)o2)cc1OC. The standard InChI is InChI=1S/C23H21BrN2O7/c1-29-20-10-15(18(24)11-21(20)32-14-22(27)30-2)12-25-26-23(28)19-9-8-17(33-19)13-31-16-6-4-3-5-7-16/h3-12H,13-14H2,1-2H3,(H,26,28). The number of hydrogen-bond donors (Lipinski definition) is 1. The van der Waals surface area contributed by atoms with E-state index in [2.05, 4.69) is 31.2 Å². The molecule has 1 N–H and O–H groups in total. The van der Waals surface area contributed by atoms with E-state index in [0.29, 0.717) is 33.0 Å². The van der Waals surface area contributed by atoms with Crippen molar-refractivity contribution in [2.45, 2.75) is 6.61 Å². The van der Waals surface area contributed by atoms with Crippen molar-refractivity contribution in [2.24, 2.45) is 5.10 Å². The van der Waals surface area contributed by atoms with Crippen molar-refractivity contribution in [3.05, 3.63) is 76.2 Å². The summed E-state index contributed by atoms with van der Waals surface area (Å²) in [5.74, 6) is 0.991. The van der Waals surface area contributed by atoms with Gasteiger partial charge in [0.2, 0.25) is 0 Å². The van der Waals surface area contributed by atoms with E-state index >= 15 is 0 Å². The molecule has 0 saturated heterocycles. The summed E-state index contributed by atoms with van der Waals surface area (Å²) >= 11 is 3.40. The Labute approximate surface area is 198 Å². The van der Waals surface area contributed by atoms with Crippen molar-refractivity contribution < 1.29 is 33.0 Å². The van der Waals surface area contributed by atoms with Crippen molar-refractivity contribution in [1.82, 2.24) is 5.43 Å². The Balaban J connectivity index is 1.58. The lowest BCUT2D eigenvalue weighted by molar-refractivity contribution is -0.142. The Morgan fingerprint density at radius 1 is 1.06 bits per heavy atom. The van der Waals surface area contributed by atoms with Crippen molar-refractivity contribution in [3.8, 4) is 17.2 Å². The van der Waals surface area contributed by atoms with E-state index in [4.69, 9.17) is 18.6 Å². The van der Waals surface area contributed by atoms with Crippen LogP contribution in [0.15, 0.2) is 68.6 Å². The minimum atomic E-state index is -0.519. The molecule has 0 radical (unpaired) electrons. The van der Waals surface area contributed by atoms with Gasteiger partial charge in [0.05, 0.1) is 20.4 Å². The number of carbonyl (C=O) groups excluding carboxylic acids is 2. The highest BCUT2D eigenvalue weighted by atomic mass is 79.9. The highest BCUT2D eigenvalue weighted by Gasteiger charge is 2.13. The first-order valence-electron chi connectivity index (χ1n) is 9.67. The zero-order valence-electron chi connectivity index (χ0n) is 17.9. The van der Waals surface area contributed by atoms with Crippen LogP contribution in [-0.2, 0) is 16.1 Å². The number of ether oxygens (including phenoxy) is 4. The number of esters is 1. The molecular weight excluding hydrogens is 496 g/mol. The topological polar surface area (TPSA) is 109 Å². The third kappa shape index (κ3) is 6.84. The summed E-state index contributed by atoms with van der Waals surface area (Å²) < 4.78 is 27.0. The molecule has 0 bridgehead atoms. The molecule has 3 aromatic rings. The molecule has 3 rings (SSSR count). The Morgan fingerprint density at radius 2 is 1.85 bits per heavy atom. The molecule has 9 nitrogen and oxygen atoms in total. The number of carbonyl (C=O) groups is 2. The Bertz CT molecular complexity index is 1130. The number of nitrogens with zero attached hydrogens (tertiary/aromatic N) is 1. The third-order valence-corrected chi connectivity index (χ3v) is 4.92. The normalized spacial score (nSPS) is 10.6. The number of halogens is 1. The van der Waals surface area contributed by atoms with Crippen LogP contribution >= 0.6 is 15.9 Å². The van der Waals surface area contributed by atoms with Gasteiger partial charge < -0.3 is 23.4 Å². The van der Waals surface area contributed by atoms with Gasteiger partial charge in [0.1, 0.15) is 18.1 Å². The molecule has 1 aromatic heterocycles. The number of rotatable bonds is 10. The molecule has 10 heteroatoms. The zero-order valence-corrected chi connectivity index (χ0v) is 19.5. The minimum Gasteiger partial charge on any atom is -0.493 e. The average molecular weight is 517 g/mol. The first kappa shape index (κ1) is 23.9. The minimum absolute atomic E-state index is 0.0991. The molecule has 0 aliphatic heterocycles. The van der Waals surface area contributed by atoms with Gasteiger partial charge in [0.15, 0.2) is 23.9 Å². The second-order valence-electron chi connectivity index (χ2n) is 6.46. The van der Waals surface area contributed by atoms with Crippen LogP contribution < -0.4 is 19.6 Å². The van der Waals surface area contributed by atoms with E-state index in [9.17, 15) is 9.59 Å². The van der Waals surface area contributed by atoms with Crippen LogP contribution in [0.5, 0.6) is 17.2 Å². The molecule has 0 spiro atoms. The van der Waals surface area contributed by atoms with Crippen molar-refractivity contribution in [3.63, 3.8) is 0 Å². The molecule has 1 heterocycles. The quantitative estimate of drug-likeness (QED) is 0.247. The number of benzene rings is 2. The van der Waals surface area contributed by atoms with Crippen molar-refractivity contribution >= 4 is 34.0 Å². The lowest BCUT2D eigenvalue weighted by Gasteiger charge is -2.11. The highest BCUT2D eigenvalue weighted by molar-refractivity contribution is 9.10. The van der Waals surface area contributed by atoms with E-state index in [0.717, 1.165) is 0 Å². The fourth-order valence-corrected chi connectivity index (χ4v) is 3.01. The molecule has 0 aliphatic carbocycles. The van der Waals surface area contributed by atoms with E-state index in [1.165, 1.54) is 20.4 Å². The molecule has 0 atom stereocenters. The summed E-state index contributed by atoms with van der Waals surface area (Å²) in [5, 5.41) is 3.96. The number of hydrogen-bond acceptors (Lipinski definition) is 8. The second-order valence-corrected chi connectivity index (χ2v) is 7.31. The summed E-state index contributed by atoms with van der Waals surface area (Å²) in [7, 11) is 2.74. The lowest BCUT2D eigenvalue weighted by Crippen LogP contribution is -2.17. The third-order valence-electron chi connectivity index (χ3n) is 4.24. The summed E-state index contributed by atoms with van der Waals surface area (Å²) in [6.07, 6.45) is 1.43. The molecule has 33 heavy (non-hydrogen) atoms. The van der Waals surface area contributed by atoms with Crippen LogP contribution in [0.1, 0.15) is 21.9 Å². The van der Waals surface area contributed by atoms with Gasteiger partial charge in [0.25, 0.3) is 0 Å². The largest absolute Gasteiger partial charge is 0.493 e. The molecule has 0 saturated carbocycles. The average Bonchev–Trinajstić information content (AvgIpc) is 3.32. The highest BCUT2D eigenvalue weighted by Crippen LogP contribution is 2.33. The predicted molar refractivity (Wildman–Crippen MR) is 123 cm³/mol. The summed E-state index contributed by atoms with van der Waals surface area (Å²) in [4.78, 5) is 23.6. The molecule has 172 valence electrons. The molecule has 0 unspecified atom stereocenters. The second kappa shape index (κ2) is 11.7. The van der Waals surface area contributed by atoms with Crippen LogP contribution in [0.2, 0.25) is 0 Å². The van der Waals surface area contributed by atoms with Crippen molar-refractivity contribution in [1.29, 1.82) is 0 Å². The maximum Gasteiger partial charge on any atom is 0.343 e. The van der Waals surface area contributed by atoms with Gasteiger partial charge in [-0.15, -0.1) is 0 Å². The van der Waals surface area contributed by atoms with Gasteiger partial charge in [-0.25, -0.2) is 10.2 Å². The summed E-state index contributed by atoms with van der Waals surface area (Å²) in [6.45, 7) is -0.0674. The maximum absolute atomic E-state index is 12.3. The van der Waals surface area contributed by atoms with E-state index in [1.54, 1.807) is 24.3 Å². The van der Waals surface area contributed by atoms with Crippen LogP contribution in [0.3, 0.4) is 0 Å². The molecule has 2 aromatic carbocycles. The van der Waals surface area contributed by atoms with Gasteiger partial charge in [-0.1, -0.05) is 18.2 Å². The van der Waals surface area contributed by atoms with Gasteiger partial charge in [-0.3, -0.25) is 4.79 Å². The summed E-state index contributed by atoms with van der Waals surface area (Å²) in [5.41, 5.74) is 3.01. The first-order chi connectivity index (χ1) is 16.0. The zero-order chi connectivity index (χ0) is 23.6. The van der Waals surface area contributed by atoms with Crippen LogP contribution in [0.25, 0.3) is 0 Å². The molecule has 1 amide bonds. The van der Waals surface area contributed by atoms with Crippen molar-refractivity contribution in [2.75, 3.05) is 20.8 Å². The number of nitrogens with one attached hydrogen (secondary N) is 1. The number of hydrazone groups is 1. The van der Waals surface area contributed by atoms with Crippen LogP contribution in [0, 0.1) is 0 Å². The van der Waals surface area contributed by atoms with E-state index < -0.39 is 11.9 Å². The fourth-order valence-electron chi connectivity index (χ4n) is 2.58. The van der Waals surface area contributed by atoms with Gasteiger partial charge in [-0.2, -0.15) is 5.10 Å². The Morgan fingerprint density at radius 3 is 2.58 bits per heavy atom.